The van der Waals surface area contributed by atoms with Gasteiger partial charge in [-0.05, 0) is 44.5 Å². The second-order valence-corrected chi connectivity index (χ2v) is 7.87. The minimum Gasteiger partial charge on any atom is -0.444 e. The monoisotopic (exact) mass is 361 g/mol. The van der Waals surface area contributed by atoms with Crippen molar-refractivity contribution >= 4 is 32.8 Å². The van der Waals surface area contributed by atoms with Gasteiger partial charge < -0.3 is 10.1 Å². The summed E-state index contributed by atoms with van der Waals surface area (Å²) >= 11 is 3.38. The third-order valence-corrected chi connectivity index (χ3v) is 4.26. The van der Waals surface area contributed by atoms with Gasteiger partial charge in [0.15, 0.2) is 0 Å². The zero-order valence-corrected chi connectivity index (χ0v) is 14.6. The van der Waals surface area contributed by atoms with Gasteiger partial charge in [-0.3, -0.25) is 4.21 Å². The van der Waals surface area contributed by atoms with E-state index in [-0.39, 0.29) is 6.54 Å². The van der Waals surface area contributed by atoms with E-state index >= 15 is 0 Å². The van der Waals surface area contributed by atoms with Gasteiger partial charge in [-0.15, -0.1) is 0 Å². The fraction of sp³-hybridized carbons (Fsp3) is 0.500. The van der Waals surface area contributed by atoms with Gasteiger partial charge in [0.25, 0.3) is 0 Å². The summed E-state index contributed by atoms with van der Waals surface area (Å²) in [7, 11) is -1.06. The lowest BCUT2D eigenvalue weighted by Crippen LogP contribution is -2.32. The van der Waals surface area contributed by atoms with Crippen molar-refractivity contribution in [1.29, 1.82) is 0 Å². The molecule has 1 rings (SSSR count). The molecule has 6 heteroatoms. The van der Waals surface area contributed by atoms with Crippen LogP contribution < -0.4 is 5.32 Å². The highest BCUT2D eigenvalue weighted by Gasteiger charge is 2.16. The van der Waals surface area contributed by atoms with E-state index in [4.69, 9.17) is 4.74 Å². The Morgan fingerprint density at radius 2 is 2.05 bits per heavy atom. The number of carbonyl (C=O) groups is 1. The second-order valence-electron chi connectivity index (χ2n) is 5.24. The van der Waals surface area contributed by atoms with E-state index < -0.39 is 22.5 Å². The van der Waals surface area contributed by atoms with Crippen LogP contribution in [-0.2, 0) is 22.1 Å². The van der Waals surface area contributed by atoms with Gasteiger partial charge in [0.05, 0.1) is 10.8 Å². The maximum atomic E-state index is 12.0. The maximum absolute atomic E-state index is 12.0. The first-order valence-corrected chi connectivity index (χ1v) is 8.47. The first-order chi connectivity index (χ1) is 9.23. The van der Waals surface area contributed by atoms with Crippen molar-refractivity contribution in [3.63, 3.8) is 0 Å². The van der Waals surface area contributed by atoms with Gasteiger partial charge in [0.1, 0.15) is 5.60 Å². The number of benzene rings is 1. The van der Waals surface area contributed by atoms with Crippen LogP contribution in [0.3, 0.4) is 0 Å². The first kappa shape index (κ1) is 17.2. The molecule has 20 heavy (non-hydrogen) atoms. The average Bonchev–Trinajstić information content (AvgIpc) is 2.33. The van der Waals surface area contributed by atoms with Gasteiger partial charge >= 0.3 is 6.09 Å². The minimum atomic E-state index is -1.06. The number of hydrogen-bond acceptors (Lipinski definition) is 3. The molecule has 0 bridgehead atoms. The topological polar surface area (TPSA) is 55.4 Å². The molecule has 112 valence electrons. The van der Waals surface area contributed by atoms with Crippen molar-refractivity contribution in [2.24, 2.45) is 0 Å². The lowest BCUT2D eigenvalue weighted by atomic mass is 10.2. The fourth-order valence-electron chi connectivity index (χ4n) is 1.55. The zero-order chi connectivity index (χ0) is 15.3. The summed E-state index contributed by atoms with van der Waals surface area (Å²) < 4.78 is 18.0. The molecule has 0 aliphatic carbocycles. The summed E-state index contributed by atoms with van der Waals surface area (Å²) in [4.78, 5) is 12.4. The summed E-state index contributed by atoms with van der Waals surface area (Å²) in [6.45, 7) is 7.58. The second kappa shape index (κ2) is 7.22. The van der Waals surface area contributed by atoms with Gasteiger partial charge in [0.2, 0.25) is 0 Å². The number of amides is 1. The van der Waals surface area contributed by atoms with E-state index in [1.54, 1.807) is 0 Å². The highest BCUT2D eigenvalue weighted by Crippen LogP contribution is 2.20. The van der Waals surface area contributed by atoms with Crippen LogP contribution in [0.15, 0.2) is 27.6 Å². The molecule has 1 atom stereocenters. The molecular formula is C14H20BrNO3S. The standard InChI is InChI=1S/C14H20BrNO3S/c1-5-20(18)12-7-6-11(15)8-10(12)9-16-13(17)19-14(2,3)4/h6-8H,5,9H2,1-4H3,(H,16,17). The van der Waals surface area contributed by atoms with Crippen LogP contribution >= 0.6 is 15.9 Å². The van der Waals surface area contributed by atoms with Gasteiger partial charge in [0, 0.05) is 21.7 Å². The maximum Gasteiger partial charge on any atom is 0.407 e. The molecule has 1 amide bonds. The van der Waals surface area contributed by atoms with Crippen molar-refractivity contribution in [1.82, 2.24) is 5.32 Å². The number of hydrogen-bond donors (Lipinski definition) is 1. The highest BCUT2D eigenvalue weighted by molar-refractivity contribution is 9.10. The fourth-order valence-corrected chi connectivity index (χ4v) is 2.91. The molecule has 0 aliphatic heterocycles. The van der Waals surface area contributed by atoms with Crippen molar-refractivity contribution in [3.05, 3.63) is 28.2 Å². The Hall–Kier alpha value is -0.880. The summed E-state index contributed by atoms with van der Waals surface area (Å²) in [5, 5.41) is 2.69. The van der Waals surface area contributed by atoms with Crippen LogP contribution in [0.5, 0.6) is 0 Å². The number of rotatable bonds is 4. The molecule has 0 spiro atoms. The zero-order valence-electron chi connectivity index (χ0n) is 12.2. The van der Waals surface area contributed by atoms with E-state index in [1.807, 2.05) is 45.9 Å². The summed E-state index contributed by atoms with van der Waals surface area (Å²) in [6.07, 6.45) is -0.481. The molecule has 1 aromatic rings. The predicted octanol–water partition coefficient (Wildman–Crippen LogP) is 3.60. The van der Waals surface area contributed by atoms with Crippen LogP contribution in [0, 0.1) is 0 Å². The van der Waals surface area contributed by atoms with Crippen LogP contribution in [0.25, 0.3) is 0 Å². The lowest BCUT2D eigenvalue weighted by Gasteiger charge is -2.20. The molecule has 0 saturated carbocycles. The highest BCUT2D eigenvalue weighted by atomic mass is 79.9. The van der Waals surface area contributed by atoms with E-state index in [1.165, 1.54) is 0 Å². The Labute approximate surface area is 130 Å². The largest absolute Gasteiger partial charge is 0.444 e. The van der Waals surface area contributed by atoms with Crippen molar-refractivity contribution in [2.75, 3.05) is 5.75 Å². The number of ether oxygens (including phenoxy) is 1. The van der Waals surface area contributed by atoms with E-state index in [2.05, 4.69) is 21.2 Å². The molecule has 1 N–H and O–H groups in total. The molecule has 0 radical (unpaired) electrons. The minimum absolute atomic E-state index is 0.287. The van der Waals surface area contributed by atoms with Crippen molar-refractivity contribution < 1.29 is 13.7 Å². The summed E-state index contributed by atoms with van der Waals surface area (Å²) in [5.74, 6) is 0.543. The molecule has 4 nitrogen and oxygen atoms in total. The molecule has 0 aliphatic rings. The van der Waals surface area contributed by atoms with Crippen molar-refractivity contribution in [3.8, 4) is 0 Å². The Morgan fingerprint density at radius 3 is 2.60 bits per heavy atom. The van der Waals surface area contributed by atoms with Crippen LogP contribution in [0.2, 0.25) is 0 Å². The van der Waals surface area contributed by atoms with Crippen LogP contribution in [0.1, 0.15) is 33.3 Å². The quantitative estimate of drug-likeness (QED) is 0.890. The third kappa shape index (κ3) is 5.63. The molecule has 0 heterocycles. The Morgan fingerprint density at radius 1 is 1.40 bits per heavy atom. The molecule has 0 aromatic heterocycles. The molecular weight excluding hydrogens is 342 g/mol. The third-order valence-electron chi connectivity index (χ3n) is 2.35. The van der Waals surface area contributed by atoms with E-state index in [9.17, 15) is 9.00 Å². The normalized spacial score (nSPS) is 12.8. The Kier molecular flexibility index (Phi) is 6.20. The summed E-state index contributed by atoms with van der Waals surface area (Å²) in [5.41, 5.74) is 0.293. The van der Waals surface area contributed by atoms with Crippen molar-refractivity contribution in [2.45, 2.75) is 44.7 Å². The molecule has 0 fully saturated rings. The Bertz CT molecular complexity index is 512. The smallest absolute Gasteiger partial charge is 0.407 e. The molecule has 0 saturated heterocycles. The van der Waals surface area contributed by atoms with Crippen LogP contribution in [-0.4, -0.2) is 21.7 Å². The number of carbonyl (C=O) groups excluding carboxylic acids is 1. The van der Waals surface area contributed by atoms with E-state index in [0.29, 0.717) is 5.75 Å². The predicted molar refractivity (Wildman–Crippen MR) is 84.2 cm³/mol. The van der Waals surface area contributed by atoms with Gasteiger partial charge in [-0.2, -0.15) is 0 Å². The Balaban J connectivity index is 2.79. The number of alkyl carbamates (subject to hydrolysis) is 1. The lowest BCUT2D eigenvalue weighted by molar-refractivity contribution is 0.0523. The van der Waals surface area contributed by atoms with Gasteiger partial charge in [-0.1, -0.05) is 22.9 Å². The van der Waals surface area contributed by atoms with Crippen LogP contribution in [0.4, 0.5) is 4.79 Å². The summed E-state index contributed by atoms with van der Waals surface area (Å²) in [6, 6.07) is 5.52. The molecule has 1 aromatic carbocycles. The van der Waals surface area contributed by atoms with E-state index in [0.717, 1.165) is 14.9 Å². The molecule has 1 unspecified atom stereocenters. The average molecular weight is 362 g/mol. The first-order valence-electron chi connectivity index (χ1n) is 6.36. The number of halogens is 1. The SMILES string of the molecule is CCS(=O)c1ccc(Br)cc1CNC(=O)OC(C)(C)C. The van der Waals surface area contributed by atoms with Gasteiger partial charge in [-0.25, -0.2) is 4.79 Å². The number of nitrogens with one attached hydrogen (secondary N) is 1.